The molecule has 2 rings (SSSR count). The first-order valence-electron chi connectivity index (χ1n) is 5.13. The molecular formula is C12H12N2O2S. The molecule has 2 N–H and O–H groups in total. The van der Waals surface area contributed by atoms with Crippen molar-refractivity contribution in [2.45, 2.75) is 13.5 Å². The van der Waals surface area contributed by atoms with E-state index in [2.05, 4.69) is 10.3 Å². The second kappa shape index (κ2) is 4.97. The lowest BCUT2D eigenvalue weighted by atomic mass is 10.2. The summed E-state index contributed by atoms with van der Waals surface area (Å²) in [4.78, 5) is 15.1. The molecule has 0 aliphatic carbocycles. The number of nitrogens with zero attached hydrogens (tertiary/aromatic N) is 1. The average molecular weight is 248 g/mol. The van der Waals surface area contributed by atoms with Crippen LogP contribution in [0.15, 0.2) is 29.6 Å². The molecule has 5 heteroatoms. The van der Waals surface area contributed by atoms with E-state index in [-0.39, 0.29) is 5.56 Å². The molecule has 0 atom stereocenters. The molecule has 1 aromatic heterocycles. The topological polar surface area (TPSA) is 62.2 Å². The van der Waals surface area contributed by atoms with Crippen LogP contribution in [0.1, 0.15) is 21.1 Å². The second-order valence-electron chi connectivity index (χ2n) is 3.62. The van der Waals surface area contributed by atoms with Crippen LogP contribution in [0.25, 0.3) is 0 Å². The third-order valence-corrected chi connectivity index (χ3v) is 3.19. The van der Waals surface area contributed by atoms with Crippen molar-refractivity contribution in [3.63, 3.8) is 0 Å². The lowest BCUT2D eigenvalue weighted by Gasteiger charge is -2.04. The number of benzene rings is 1. The fourth-order valence-corrected chi connectivity index (χ4v) is 2.14. The van der Waals surface area contributed by atoms with Gasteiger partial charge in [-0.2, -0.15) is 0 Å². The second-order valence-corrected chi connectivity index (χ2v) is 4.56. The SMILES string of the molecule is Cc1csc(CNc2cccc(C(=O)O)c2)n1. The van der Waals surface area contributed by atoms with E-state index < -0.39 is 5.97 Å². The molecule has 0 amide bonds. The zero-order valence-electron chi connectivity index (χ0n) is 9.30. The minimum absolute atomic E-state index is 0.283. The molecule has 0 fully saturated rings. The van der Waals surface area contributed by atoms with E-state index in [4.69, 9.17) is 5.11 Å². The fourth-order valence-electron chi connectivity index (χ4n) is 1.42. The maximum atomic E-state index is 10.8. The highest BCUT2D eigenvalue weighted by Gasteiger charge is 2.03. The fraction of sp³-hybridized carbons (Fsp3) is 0.167. The molecule has 88 valence electrons. The molecule has 0 aliphatic rings. The van der Waals surface area contributed by atoms with Gasteiger partial charge in [-0.05, 0) is 25.1 Å². The molecule has 1 heterocycles. The smallest absolute Gasteiger partial charge is 0.335 e. The third-order valence-electron chi connectivity index (χ3n) is 2.22. The molecule has 0 bridgehead atoms. The predicted molar refractivity (Wildman–Crippen MR) is 67.6 cm³/mol. The highest BCUT2D eigenvalue weighted by atomic mass is 32.1. The Balaban J connectivity index is 2.04. The summed E-state index contributed by atoms with van der Waals surface area (Å²) in [7, 11) is 0. The molecule has 2 aromatic rings. The highest BCUT2D eigenvalue weighted by Crippen LogP contribution is 2.14. The number of aromatic nitrogens is 1. The molecule has 1 aromatic carbocycles. The zero-order chi connectivity index (χ0) is 12.3. The van der Waals surface area contributed by atoms with Crippen LogP contribution in [0.5, 0.6) is 0 Å². The number of carbonyl (C=O) groups is 1. The van der Waals surface area contributed by atoms with Crippen molar-refractivity contribution in [3.05, 3.63) is 45.9 Å². The van der Waals surface area contributed by atoms with E-state index >= 15 is 0 Å². The van der Waals surface area contributed by atoms with Gasteiger partial charge in [0.15, 0.2) is 0 Å². The quantitative estimate of drug-likeness (QED) is 0.873. The molecule has 0 saturated heterocycles. The Morgan fingerprint density at radius 3 is 3.00 bits per heavy atom. The number of rotatable bonds is 4. The van der Waals surface area contributed by atoms with Crippen LogP contribution in [-0.2, 0) is 6.54 Å². The number of thiazole rings is 1. The standard InChI is InChI=1S/C12H12N2O2S/c1-8-7-17-11(14-8)6-13-10-4-2-3-9(5-10)12(15)16/h2-5,7,13H,6H2,1H3,(H,15,16). The molecular weight excluding hydrogens is 236 g/mol. The number of aromatic carboxylic acids is 1. The van der Waals surface area contributed by atoms with E-state index in [0.29, 0.717) is 6.54 Å². The zero-order valence-corrected chi connectivity index (χ0v) is 10.1. The molecule has 17 heavy (non-hydrogen) atoms. The summed E-state index contributed by atoms with van der Waals surface area (Å²) in [5.41, 5.74) is 2.08. The van der Waals surface area contributed by atoms with Crippen molar-refractivity contribution < 1.29 is 9.90 Å². The number of nitrogens with one attached hydrogen (secondary N) is 1. The Morgan fingerprint density at radius 2 is 2.35 bits per heavy atom. The lowest BCUT2D eigenvalue weighted by molar-refractivity contribution is 0.0697. The van der Waals surface area contributed by atoms with E-state index in [1.807, 2.05) is 18.4 Å². The van der Waals surface area contributed by atoms with E-state index in [0.717, 1.165) is 16.4 Å². The monoisotopic (exact) mass is 248 g/mol. The summed E-state index contributed by atoms with van der Waals surface area (Å²) < 4.78 is 0. The van der Waals surface area contributed by atoms with Crippen LogP contribution in [0.2, 0.25) is 0 Å². The van der Waals surface area contributed by atoms with Gasteiger partial charge in [0.25, 0.3) is 0 Å². The third kappa shape index (κ3) is 3.04. The van der Waals surface area contributed by atoms with Crippen molar-refractivity contribution in [2.24, 2.45) is 0 Å². The Bertz CT molecular complexity index is 537. The number of carboxylic acids is 1. The highest BCUT2D eigenvalue weighted by molar-refractivity contribution is 7.09. The maximum absolute atomic E-state index is 10.8. The Labute approximate surface area is 103 Å². The van der Waals surface area contributed by atoms with Gasteiger partial charge in [-0.1, -0.05) is 6.07 Å². The van der Waals surface area contributed by atoms with Crippen LogP contribution < -0.4 is 5.32 Å². The Hall–Kier alpha value is -1.88. The number of anilines is 1. The number of hydrogen-bond donors (Lipinski definition) is 2. The van der Waals surface area contributed by atoms with Crippen molar-refractivity contribution in [1.29, 1.82) is 0 Å². The van der Waals surface area contributed by atoms with Gasteiger partial charge in [0, 0.05) is 16.8 Å². The maximum Gasteiger partial charge on any atom is 0.335 e. The van der Waals surface area contributed by atoms with Crippen molar-refractivity contribution in [2.75, 3.05) is 5.32 Å². The van der Waals surface area contributed by atoms with Gasteiger partial charge < -0.3 is 10.4 Å². The summed E-state index contributed by atoms with van der Waals surface area (Å²) in [6.07, 6.45) is 0. The summed E-state index contributed by atoms with van der Waals surface area (Å²) in [6.45, 7) is 2.56. The number of hydrogen-bond acceptors (Lipinski definition) is 4. The minimum atomic E-state index is -0.918. The summed E-state index contributed by atoms with van der Waals surface area (Å²) in [6, 6.07) is 6.75. The van der Waals surface area contributed by atoms with Crippen LogP contribution in [0.3, 0.4) is 0 Å². The summed E-state index contributed by atoms with van der Waals surface area (Å²) in [5, 5.41) is 15.0. The van der Waals surface area contributed by atoms with Crippen LogP contribution in [-0.4, -0.2) is 16.1 Å². The number of carboxylic acid groups (broad SMARTS) is 1. The normalized spacial score (nSPS) is 10.2. The van der Waals surface area contributed by atoms with E-state index in [1.54, 1.807) is 29.5 Å². The first kappa shape index (κ1) is 11.6. The molecule has 0 unspecified atom stereocenters. The first-order chi connectivity index (χ1) is 8.15. The van der Waals surface area contributed by atoms with Gasteiger partial charge in [0.2, 0.25) is 0 Å². The van der Waals surface area contributed by atoms with Gasteiger partial charge in [-0.25, -0.2) is 9.78 Å². The first-order valence-corrected chi connectivity index (χ1v) is 6.01. The van der Waals surface area contributed by atoms with Gasteiger partial charge in [0.1, 0.15) is 5.01 Å². The van der Waals surface area contributed by atoms with E-state index in [9.17, 15) is 4.79 Å². The minimum Gasteiger partial charge on any atom is -0.478 e. The van der Waals surface area contributed by atoms with Gasteiger partial charge >= 0.3 is 5.97 Å². The van der Waals surface area contributed by atoms with Crippen LogP contribution in [0.4, 0.5) is 5.69 Å². The van der Waals surface area contributed by atoms with Gasteiger partial charge in [-0.15, -0.1) is 11.3 Å². The van der Waals surface area contributed by atoms with Crippen molar-refractivity contribution in [1.82, 2.24) is 4.98 Å². The largest absolute Gasteiger partial charge is 0.478 e. The average Bonchev–Trinajstić information content (AvgIpc) is 2.73. The molecule has 0 aliphatic heterocycles. The Kier molecular flexibility index (Phi) is 3.39. The molecule has 0 spiro atoms. The molecule has 0 radical (unpaired) electrons. The van der Waals surface area contributed by atoms with Crippen LogP contribution in [0, 0.1) is 6.92 Å². The number of aryl methyl sites for hydroxylation is 1. The lowest BCUT2D eigenvalue weighted by Crippen LogP contribution is -2.01. The molecule has 4 nitrogen and oxygen atoms in total. The predicted octanol–water partition coefficient (Wildman–Crippen LogP) is 2.76. The molecule has 0 saturated carbocycles. The van der Waals surface area contributed by atoms with E-state index in [1.165, 1.54) is 0 Å². The Morgan fingerprint density at radius 1 is 1.53 bits per heavy atom. The summed E-state index contributed by atoms with van der Waals surface area (Å²) in [5.74, 6) is -0.918. The van der Waals surface area contributed by atoms with Gasteiger partial charge in [-0.3, -0.25) is 0 Å². The summed E-state index contributed by atoms with van der Waals surface area (Å²) >= 11 is 1.59. The van der Waals surface area contributed by atoms with Crippen molar-refractivity contribution >= 4 is 23.0 Å². The van der Waals surface area contributed by atoms with Crippen LogP contribution >= 0.6 is 11.3 Å². The van der Waals surface area contributed by atoms with Crippen molar-refractivity contribution in [3.8, 4) is 0 Å². The van der Waals surface area contributed by atoms with Gasteiger partial charge in [0.05, 0.1) is 12.1 Å².